The number of hydrogen-bond donors (Lipinski definition) is 1. The summed E-state index contributed by atoms with van der Waals surface area (Å²) in [6.45, 7) is 0. The van der Waals surface area contributed by atoms with Crippen molar-refractivity contribution in [2.75, 3.05) is 0 Å². The molecular weight excluding hydrogens is 206 g/mol. The number of nitrogens with zero attached hydrogens (tertiary/aromatic N) is 1. The number of aromatic carboxylic acids is 1. The van der Waals surface area contributed by atoms with Gasteiger partial charge in [-0.1, -0.05) is 12.1 Å². The molecule has 1 heterocycles. The van der Waals surface area contributed by atoms with Crippen LogP contribution in [0.2, 0.25) is 0 Å². The fraction of sp³-hybridized carbons (Fsp3) is 0. The summed E-state index contributed by atoms with van der Waals surface area (Å²) < 4.78 is 0.703. The van der Waals surface area contributed by atoms with E-state index >= 15 is 0 Å². The molecule has 16 heavy (non-hydrogen) atoms. The fourth-order valence-electron chi connectivity index (χ4n) is 1.41. The van der Waals surface area contributed by atoms with E-state index in [1.807, 2.05) is 0 Å². The summed E-state index contributed by atoms with van der Waals surface area (Å²) in [5, 5.41) is 19.6. The van der Waals surface area contributed by atoms with Crippen LogP contribution in [-0.4, -0.2) is 11.1 Å². The summed E-state index contributed by atoms with van der Waals surface area (Å²) in [6.07, 6.45) is 2.81. The van der Waals surface area contributed by atoms with E-state index in [0.29, 0.717) is 4.73 Å². The van der Waals surface area contributed by atoms with Gasteiger partial charge in [0, 0.05) is 12.1 Å². The number of rotatable bonds is 2. The number of carboxylic acids is 1. The normalized spacial score (nSPS) is 10.0. The van der Waals surface area contributed by atoms with Crippen molar-refractivity contribution in [1.82, 2.24) is 0 Å². The Bertz CT molecular complexity index is 503. The fourth-order valence-corrected chi connectivity index (χ4v) is 1.41. The molecule has 0 atom stereocenters. The van der Waals surface area contributed by atoms with E-state index in [1.165, 1.54) is 24.5 Å². The Morgan fingerprint density at radius 2 is 1.50 bits per heavy atom. The molecule has 0 aliphatic rings. The largest absolute Gasteiger partial charge is 0.619 e. The highest BCUT2D eigenvalue weighted by Gasteiger charge is 2.03. The van der Waals surface area contributed by atoms with Crippen molar-refractivity contribution in [1.29, 1.82) is 0 Å². The summed E-state index contributed by atoms with van der Waals surface area (Å²) in [5.41, 5.74) is 2.01. The third-order valence-corrected chi connectivity index (χ3v) is 2.27. The maximum absolute atomic E-state index is 10.8. The van der Waals surface area contributed by atoms with E-state index in [0.717, 1.165) is 11.1 Å². The molecule has 0 saturated heterocycles. The van der Waals surface area contributed by atoms with Gasteiger partial charge in [-0.05, 0) is 23.3 Å². The molecule has 0 fully saturated rings. The van der Waals surface area contributed by atoms with Gasteiger partial charge in [-0.3, -0.25) is 0 Å². The minimum absolute atomic E-state index is 0.249. The van der Waals surface area contributed by atoms with Gasteiger partial charge < -0.3 is 10.3 Å². The van der Waals surface area contributed by atoms with Crippen molar-refractivity contribution in [2.24, 2.45) is 0 Å². The van der Waals surface area contributed by atoms with Gasteiger partial charge in [-0.25, -0.2) is 4.79 Å². The molecule has 0 spiro atoms. The van der Waals surface area contributed by atoms with Crippen LogP contribution in [0.4, 0.5) is 0 Å². The van der Waals surface area contributed by atoms with E-state index in [9.17, 15) is 10.0 Å². The van der Waals surface area contributed by atoms with E-state index in [4.69, 9.17) is 5.11 Å². The van der Waals surface area contributed by atoms with Gasteiger partial charge in [0.2, 0.25) is 0 Å². The molecule has 0 saturated carbocycles. The lowest BCUT2D eigenvalue weighted by molar-refractivity contribution is -0.605. The number of aromatic nitrogens is 1. The maximum atomic E-state index is 10.8. The summed E-state index contributed by atoms with van der Waals surface area (Å²) in [4.78, 5) is 10.6. The van der Waals surface area contributed by atoms with Crippen molar-refractivity contribution in [2.45, 2.75) is 0 Å². The standard InChI is InChI=1S/C12H9NO3/c14-12(15)11-3-1-9(2-4-11)10-5-7-13(16)8-6-10/h1-8H,(H,14,15). The summed E-state index contributed by atoms with van der Waals surface area (Å²) in [6, 6.07) is 9.87. The Balaban J connectivity index is 2.34. The molecule has 0 unspecified atom stereocenters. The van der Waals surface area contributed by atoms with E-state index in [2.05, 4.69) is 0 Å². The average molecular weight is 215 g/mol. The quantitative estimate of drug-likeness (QED) is 0.612. The minimum atomic E-state index is -0.947. The second-order valence-electron chi connectivity index (χ2n) is 3.33. The Kier molecular flexibility index (Phi) is 2.55. The number of carboxylic acid groups (broad SMARTS) is 1. The third-order valence-electron chi connectivity index (χ3n) is 2.27. The highest BCUT2D eigenvalue weighted by molar-refractivity contribution is 5.88. The van der Waals surface area contributed by atoms with Gasteiger partial charge in [0.05, 0.1) is 5.56 Å². The van der Waals surface area contributed by atoms with Crippen LogP contribution in [-0.2, 0) is 0 Å². The predicted octanol–water partition coefficient (Wildman–Crippen LogP) is 1.69. The SMILES string of the molecule is O=C(O)c1ccc(-c2cc[n+]([O-])cc2)cc1. The van der Waals surface area contributed by atoms with E-state index < -0.39 is 5.97 Å². The molecule has 1 N–H and O–H groups in total. The number of pyridine rings is 1. The van der Waals surface area contributed by atoms with E-state index in [-0.39, 0.29) is 5.56 Å². The molecule has 1 aromatic carbocycles. The van der Waals surface area contributed by atoms with Gasteiger partial charge >= 0.3 is 5.97 Å². The van der Waals surface area contributed by atoms with Crippen molar-refractivity contribution >= 4 is 5.97 Å². The molecule has 0 radical (unpaired) electrons. The number of benzene rings is 1. The summed E-state index contributed by atoms with van der Waals surface area (Å²) in [7, 11) is 0. The Hall–Kier alpha value is -2.36. The Labute approximate surface area is 92.0 Å². The second kappa shape index (κ2) is 4.02. The lowest BCUT2D eigenvalue weighted by atomic mass is 10.1. The molecule has 0 aliphatic heterocycles. The van der Waals surface area contributed by atoms with Crippen molar-refractivity contribution in [3.8, 4) is 11.1 Å². The lowest BCUT2D eigenvalue weighted by Gasteiger charge is -2.01. The van der Waals surface area contributed by atoms with Crippen LogP contribution in [0.5, 0.6) is 0 Å². The first-order valence-corrected chi connectivity index (χ1v) is 4.69. The van der Waals surface area contributed by atoms with Gasteiger partial charge in [0.15, 0.2) is 12.4 Å². The molecule has 0 bridgehead atoms. The number of carbonyl (C=O) groups is 1. The molecular formula is C12H9NO3. The summed E-state index contributed by atoms with van der Waals surface area (Å²) in [5.74, 6) is -0.947. The van der Waals surface area contributed by atoms with Crippen LogP contribution in [0.15, 0.2) is 48.8 Å². The zero-order valence-corrected chi connectivity index (χ0v) is 8.33. The Morgan fingerprint density at radius 3 is 2.00 bits per heavy atom. The van der Waals surface area contributed by atoms with Crippen LogP contribution in [0.1, 0.15) is 10.4 Å². The molecule has 2 aromatic rings. The topological polar surface area (TPSA) is 64.2 Å². The first kappa shape index (κ1) is 10.2. The third kappa shape index (κ3) is 2.00. The molecule has 0 aliphatic carbocycles. The zero-order chi connectivity index (χ0) is 11.5. The summed E-state index contributed by atoms with van der Waals surface area (Å²) >= 11 is 0. The molecule has 4 nitrogen and oxygen atoms in total. The van der Waals surface area contributed by atoms with Crippen LogP contribution in [0, 0.1) is 5.21 Å². The lowest BCUT2D eigenvalue weighted by Crippen LogP contribution is -2.23. The average Bonchev–Trinajstić information content (AvgIpc) is 2.30. The van der Waals surface area contributed by atoms with E-state index in [1.54, 1.807) is 24.3 Å². The molecule has 2 rings (SSSR count). The van der Waals surface area contributed by atoms with Gasteiger partial charge in [0.25, 0.3) is 0 Å². The molecule has 1 aromatic heterocycles. The van der Waals surface area contributed by atoms with Crippen molar-refractivity contribution in [3.63, 3.8) is 0 Å². The first-order chi connectivity index (χ1) is 7.66. The second-order valence-corrected chi connectivity index (χ2v) is 3.33. The Morgan fingerprint density at radius 1 is 1.00 bits per heavy atom. The minimum Gasteiger partial charge on any atom is -0.619 e. The molecule has 0 amide bonds. The maximum Gasteiger partial charge on any atom is 0.335 e. The van der Waals surface area contributed by atoms with Gasteiger partial charge in [-0.2, -0.15) is 4.73 Å². The van der Waals surface area contributed by atoms with Crippen LogP contribution < -0.4 is 4.73 Å². The van der Waals surface area contributed by atoms with Crippen molar-refractivity contribution in [3.05, 3.63) is 59.6 Å². The monoisotopic (exact) mass is 215 g/mol. The van der Waals surface area contributed by atoms with Gasteiger partial charge in [0.1, 0.15) is 0 Å². The van der Waals surface area contributed by atoms with Gasteiger partial charge in [-0.15, -0.1) is 0 Å². The molecule has 80 valence electrons. The van der Waals surface area contributed by atoms with Crippen LogP contribution in [0.25, 0.3) is 11.1 Å². The van der Waals surface area contributed by atoms with Crippen molar-refractivity contribution < 1.29 is 14.6 Å². The van der Waals surface area contributed by atoms with Crippen LogP contribution >= 0.6 is 0 Å². The first-order valence-electron chi connectivity index (χ1n) is 4.69. The van der Waals surface area contributed by atoms with Crippen LogP contribution in [0.3, 0.4) is 0 Å². The number of hydrogen-bond acceptors (Lipinski definition) is 2. The zero-order valence-electron chi connectivity index (χ0n) is 8.33. The predicted molar refractivity (Wildman–Crippen MR) is 57.8 cm³/mol. The highest BCUT2D eigenvalue weighted by Crippen LogP contribution is 2.18. The molecule has 4 heteroatoms. The highest BCUT2D eigenvalue weighted by atomic mass is 16.5. The smallest absolute Gasteiger partial charge is 0.335 e.